The van der Waals surface area contributed by atoms with E-state index in [1.165, 1.54) is 11.8 Å². The maximum Gasteiger partial charge on any atom is 0.123 e. The molecule has 2 aromatic carbocycles. The minimum absolute atomic E-state index is 0.298. The normalized spacial score (nSPS) is 18.3. The Balaban J connectivity index is 1.99. The van der Waals surface area contributed by atoms with Gasteiger partial charge in [-0.25, -0.2) is 0 Å². The molecule has 1 atom stereocenters. The fraction of sp³-hybridized carbons (Fsp3) is 0.0526. The molecule has 0 fully saturated rings. The molecule has 2 aliphatic rings. The van der Waals surface area contributed by atoms with Gasteiger partial charge in [-0.3, -0.25) is 4.90 Å². The summed E-state index contributed by atoms with van der Waals surface area (Å²) in [6, 6.07) is 17.2. The van der Waals surface area contributed by atoms with Crippen molar-refractivity contribution in [1.82, 2.24) is 0 Å². The van der Waals surface area contributed by atoms with Crippen LogP contribution in [0.2, 0.25) is 10.0 Å². The molecule has 2 N–H and O–H groups in total. The number of allylic oxidation sites excluding steroid dienone is 2. The number of rotatable bonds is 1. The highest BCUT2D eigenvalue weighted by atomic mass is 35.5. The molecule has 2 aliphatic heterocycles. The molecule has 0 radical (unpaired) electrons. The summed E-state index contributed by atoms with van der Waals surface area (Å²) >= 11 is 13.8. The zero-order valence-corrected chi connectivity index (χ0v) is 15.5. The topological polar surface area (TPSA) is 76.8 Å². The molecule has 26 heavy (non-hydrogen) atoms. The van der Waals surface area contributed by atoms with E-state index in [1.54, 1.807) is 23.1 Å². The summed E-state index contributed by atoms with van der Waals surface area (Å²) in [6.45, 7) is 0. The van der Waals surface area contributed by atoms with Crippen LogP contribution in [0.1, 0.15) is 11.5 Å². The fourth-order valence-electron chi connectivity index (χ4n) is 3.22. The predicted octanol–water partition coefficient (Wildman–Crippen LogP) is 5.13. The van der Waals surface area contributed by atoms with Crippen molar-refractivity contribution in [3.05, 3.63) is 80.1 Å². The van der Waals surface area contributed by atoms with Crippen molar-refractivity contribution < 1.29 is 0 Å². The van der Waals surface area contributed by atoms with Crippen molar-refractivity contribution in [3.63, 3.8) is 0 Å². The largest absolute Gasteiger partial charge is 0.384 e. The minimum Gasteiger partial charge on any atom is -0.384 e. The highest BCUT2D eigenvalue weighted by Crippen LogP contribution is 2.54. The summed E-state index contributed by atoms with van der Waals surface area (Å²) in [6.07, 6.45) is 0. The van der Waals surface area contributed by atoms with E-state index < -0.39 is 5.92 Å². The lowest BCUT2D eigenvalue weighted by molar-refractivity contribution is 0.884. The smallest absolute Gasteiger partial charge is 0.123 e. The number of thioether (sulfide) groups is 1. The van der Waals surface area contributed by atoms with Crippen LogP contribution in [0.15, 0.2) is 69.4 Å². The second-order valence-corrected chi connectivity index (χ2v) is 7.62. The van der Waals surface area contributed by atoms with Crippen LogP contribution in [-0.4, -0.2) is 0 Å². The van der Waals surface area contributed by atoms with Crippen LogP contribution in [-0.2, 0) is 0 Å². The Hall–Kier alpha value is -2.57. The predicted molar refractivity (Wildman–Crippen MR) is 103 cm³/mol. The first-order valence-electron chi connectivity index (χ1n) is 7.62. The van der Waals surface area contributed by atoms with E-state index >= 15 is 0 Å². The average Bonchev–Trinajstić information content (AvgIpc) is 3.01. The van der Waals surface area contributed by atoms with E-state index in [1.807, 2.05) is 24.3 Å². The van der Waals surface area contributed by atoms with E-state index in [4.69, 9.17) is 28.9 Å². The summed E-state index contributed by atoms with van der Waals surface area (Å²) in [4.78, 5) is 2.76. The van der Waals surface area contributed by atoms with Gasteiger partial charge < -0.3 is 5.73 Å². The molecule has 0 amide bonds. The van der Waals surface area contributed by atoms with Crippen molar-refractivity contribution in [2.75, 3.05) is 4.90 Å². The van der Waals surface area contributed by atoms with Crippen molar-refractivity contribution in [2.45, 2.75) is 10.8 Å². The Morgan fingerprint density at radius 3 is 2.46 bits per heavy atom. The lowest BCUT2D eigenvalue weighted by Gasteiger charge is -2.31. The van der Waals surface area contributed by atoms with Gasteiger partial charge in [0.25, 0.3) is 0 Å². The van der Waals surface area contributed by atoms with E-state index in [9.17, 15) is 10.5 Å². The second-order valence-electron chi connectivity index (χ2n) is 5.75. The number of nitriles is 2. The molecule has 0 saturated carbocycles. The number of para-hydroxylation sites is 1. The van der Waals surface area contributed by atoms with Crippen LogP contribution in [0.25, 0.3) is 0 Å². The third kappa shape index (κ3) is 2.37. The lowest BCUT2D eigenvalue weighted by Crippen LogP contribution is -2.32. The number of halogens is 2. The number of benzene rings is 2. The number of nitrogens with zero attached hydrogens (tertiary/aromatic N) is 3. The van der Waals surface area contributed by atoms with Gasteiger partial charge in [-0.1, -0.05) is 53.2 Å². The highest BCUT2D eigenvalue weighted by molar-refractivity contribution is 8.03. The van der Waals surface area contributed by atoms with Crippen LogP contribution in [0.4, 0.5) is 5.69 Å². The van der Waals surface area contributed by atoms with Gasteiger partial charge in [0.1, 0.15) is 10.9 Å². The summed E-state index contributed by atoms with van der Waals surface area (Å²) in [5.41, 5.74) is 8.62. The third-order valence-electron chi connectivity index (χ3n) is 4.35. The molecule has 0 saturated heterocycles. The van der Waals surface area contributed by atoms with Gasteiger partial charge in [0.2, 0.25) is 0 Å². The van der Waals surface area contributed by atoms with Gasteiger partial charge in [0.05, 0.1) is 34.9 Å². The van der Waals surface area contributed by atoms with Gasteiger partial charge in [0, 0.05) is 14.9 Å². The minimum atomic E-state index is -0.622. The Morgan fingerprint density at radius 2 is 1.77 bits per heavy atom. The van der Waals surface area contributed by atoms with E-state index in [0.717, 1.165) is 10.6 Å². The van der Waals surface area contributed by atoms with Crippen LogP contribution in [0, 0.1) is 22.7 Å². The molecule has 1 unspecified atom stereocenters. The molecular weight excluding hydrogens is 387 g/mol. The van der Waals surface area contributed by atoms with E-state index in [2.05, 4.69) is 12.1 Å². The lowest BCUT2D eigenvalue weighted by atomic mass is 9.83. The first-order chi connectivity index (χ1) is 12.6. The van der Waals surface area contributed by atoms with E-state index in [0.29, 0.717) is 37.6 Å². The van der Waals surface area contributed by atoms with Crippen molar-refractivity contribution in [2.24, 2.45) is 5.73 Å². The Labute approximate surface area is 164 Å². The third-order valence-corrected chi connectivity index (χ3v) is 6.08. The molecule has 7 heteroatoms. The SMILES string of the molecule is N#CC1=C(N)N2C(=C(C#N)C1c1ccc(Cl)cc1Cl)Sc1ccccc12. The molecule has 4 nitrogen and oxygen atoms in total. The fourth-order valence-corrected chi connectivity index (χ4v) is 4.92. The standard InChI is InChI=1S/C19H10Cl2N4S/c20-10-5-6-11(14(21)7-10)17-12(8-22)18(24)25-15-3-1-2-4-16(15)26-19(25)13(17)9-23/h1-7,17H,24H2. The van der Waals surface area contributed by atoms with Crippen molar-refractivity contribution >= 4 is 40.7 Å². The van der Waals surface area contributed by atoms with Crippen LogP contribution >= 0.6 is 35.0 Å². The van der Waals surface area contributed by atoms with Gasteiger partial charge in [-0.05, 0) is 29.8 Å². The molecule has 2 aromatic rings. The second kappa shape index (κ2) is 6.30. The van der Waals surface area contributed by atoms with Crippen molar-refractivity contribution in [3.8, 4) is 12.1 Å². The van der Waals surface area contributed by atoms with Gasteiger partial charge in [-0.2, -0.15) is 10.5 Å². The summed E-state index contributed by atoms with van der Waals surface area (Å²) in [7, 11) is 0. The number of hydrogen-bond acceptors (Lipinski definition) is 5. The zero-order valence-electron chi connectivity index (χ0n) is 13.2. The van der Waals surface area contributed by atoms with Gasteiger partial charge >= 0.3 is 0 Å². The van der Waals surface area contributed by atoms with Gasteiger partial charge in [-0.15, -0.1) is 0 Å². The molecule has 0 aromatic heterocycles. The average molecular weight is 397 g/mol. The molecular formula is C19H10Cl2N4S. The number of nitrogens with two attached hydrogens (primary N) is 1. The molecule has 0 aliphatic carbocycles. The van der Waals surface area contributed by atoms with Crippen LogP contribution < -0.4 is 10.6 Å². The molecule has 0 bridgehead atoms. The maximum atomic E-state index is 9.90. The van der Waals surface area contributed by atoms with E-state index in [-0.39, 0.29) is 0 Å². The van der Waals surface area contributed by atoms with Crippen LogP contribution in [0.5, 0.6) is 0 Å². The maximum absolute atomic E-state index is 9.90. The zero-order chi connectivity index (χ0) is 18.4. The number of anilines is 1. The quantitative estimate of drug-likeness (QED) is 0.722. The van der Waals surface area contributed by atoms with Gasteiger partial charge in [0.15, 0.2) is 0 Å². The Kier molecular flexibility index (Phi) is 4.09. The summed E-state index contributed by atoms with van der Waals surface area (Å²) in [5.74, 6) is -0.308. The van der Waals surface area contributed by atoms with Crippen molar-refractivity contribution in [1.29, 1.82) is 10.5 Å². The first-order valence-corrected chi connectivity index (χ1v) is 9.20. The monoisotopic (exact) mass is 396 g/mol. The Bertz CT molecular complexity index is 1090. The first kappa shape index (κ1) is 16.9. The van der Waals surface area contributed by atoms with Crippen LogP contribution in [0.3, 0.4) is 0 Å². The molecule has 4 rings (SSSR count). The Morgan fingerprint density at radius 1 is 1.04 bits per heavy atom. The highest BCUT2D eigenvalue weighted by Gasteiger charge is 2.41. The summed E-state index contributed by atoms with van der Waals surface area (Å²) in [5, 5.41) is 21.3. The number of fused-ring (bicyclic) bond motifs is 3. The molecule has 2 heterocycles. The summed E-state index contributed by atoms with van der Waals surface area (Å²) < 4.78 is 0. The number of hydrogen-bond donors (Lipinski definition) is 1. The molecule has 126 valence electrons. The molecule has 0 spiro atoms.